The van der Waals surface area contributed by atoms with Gasteiger partial charge in [0, 0.05) is 17.4 Å². The monoisotopic (exact) mass is 503 g/mol. The smallest absolute Gasteiger partial charge is 0.322 e. The second-order valence-electron chi connectivity index (χ2n) is 9.49. The van der Waals surface area contributed by atoms with Crippen LogP contribution in [0.15, 0.2) is 97.2 Å². The van der Waals surface area contributed by atoms with Crippen LogP contribution in [0.25, 0.3) is 11.5 Å². The molecule has 6 rings (SSSR count). The molecule has 1 aliphatic heterocycles. The van der Waals surface area contributed by atoms with Crippen LogP contribution in [0.4, 0.5) is 10.5 Å². The van der Waals surface area contributed by atoms with Crippen molar-refractivity contribution in [1.82, 2.24) is 19.2 Å². The van der Waals surface area contributed by atoms with Crippen molar-refractivity contribution in [3.8, 4) is 17.3 Å². The number of para-hydroxylation sites is 2. The molecule has 38 heavy (non-hydrogen) atoms. The highest BCUT2D eigenvalue weighted by Gasteiger charge is 2.36. The molecular weight excluding hydrogens is 474 g/mol. The minimum atomic E-state index is -0.361. The fraction of sp³-hybridized carbons (Fsp3) is 0.161. The minimum absolute atomic E-state index is 0.181. The molecule has 0 spiro atoms. The number of hydrogen-bond donors (Lipinski definition) is 1. The van der Waals surface area contributed by atoms with Crippen LogP contribution in [0, 0.1) is 13.8 Å². The van der Waals surface area contributed by atoms with Crippen molar-refractivity contribution in [2.24, 2.45) is 0 Å². The zero-order chi connectivity index (χ0) is 26.2. The van der Waals surface area contributed by atoms with E-state index in [9.17, 15) is 4.79 Å². The van der Waals surface area contributed by atoms with Gasteiger partial charge in [-0.05, 0) is 67.4 Å². The van der Waals surface area contributed by atoms with Crippen molar-refractivity contribution >= 4 is 11.7 Å². The van der Waals surface area contributed by atoms with Crippen LogP contribution in [0.2, 0.25) is 0 Å². The summed E-state index contributed by atoms with van der Waals surface area (Å²) >= 11 is 0. The molecule has 1 N–H and O–H groups in total. The molecule has 3 aromatic carbocycles. The van der Waals surface area contributed by atoms with E-state index in [4.69, 9.17) is 9.84 Å². The average Bonchev–Trinajstić information content (AvgIpc) is 3.50. The van der Waals surface area contributed by atoms with E-state index >= 15 is 0 Å². The molecule has 0 saturated heterocycles. The average molecular weight is 504 g/mol. The number of carbonyl (C=O) groups is 1. The van der Waals surface area contributed by atoms with Gasteiger partial charge < -0.3 is 19.5 Å². The quantitative estimate of drug-likeness (QED) is 0.308. The number of rotatable bonds is 4. The number of amides is 2. The number of benzene rings is 3. The number of carbonyl (C=O) groups excluding carboxylic acids is 1. The lowest BCUT2D eigenvalue weighted by Gasteiger charge is -2.31. The predicted octanol–water partition coefficient (Wildman–Crippen LogP) is 6.43. The van der Waals surface area contributed by atoms with E-state index < -0.39 is 0 Å². The van der Waals surface area contributed by atoms with Gasteiger partial charge in [-0.15, -0.1) is 0 Å². The summed E-state index contributed by atoms with van der Waals surface area (Å²) in [6.45, 7) is 4.38. The van der Waals surface area contributed by atoms with Crippen LogP contribution in [0.1, 0.15) is 34.1 Å². The molecule has 7 nitrogen and oxygen atoms in total. The number of aromatic nitrogens is 3. The maximum Gasteiger partial charge on any atom is 0.322 e. The van der Waals surface area contributed by atoms with Crippen molar-refractivity contribution < 1.29 is 9.53 Å². The first-order chi connectivity index (χ1) is 18.5. The molecule has 0 aliphatic carbocycles. The van der Waals surface area contributed by atoms with Gasteiger partial charge in [0.05, 0.1) is 36.8 Å². The summed E-state index contributed by atoms with van der Waals surface area (Å²) in [5.41, 5.74) is 6.57. The number of aryl methyl sites for hydroxylation is 2. The lowest BCUT2D eigenvalue weighted by Crippen LogP contribution is -2.38. The van der Waals surface area contributed by atoms with E-state index in [0.717, 1.165) is 51.0 Å². The SMILES string of the molecule is COc1cccc([C@H]2c3cccn3-c3c(c(C)nn3-c3ccccc3)CN2C(=O)Nc2ccccc2C)c1. The van der Waals surface area contributed by atoms with Gasteiger partial charge in [0.25, 0.3) is 0 Å². The molecule has 0 fully saturated rings. The summed E-state index contributed by atoms with van der Waals surface area (Å²) in [5, 5.41) is 8.08. The van der Waals surface area contributed by atoms with E-state index in [1.54, 1.807) is 7.11 Å². The Morgan fingerprint density at radius 2 is 1.74 bits per heavy atom. The van der Waals surface area contributed by atoms with E-state index in [1.165, 1.54) is 0 Å². The number of fused-ring (bicyclic) bond motifs is 3. The van der Waals surface area contributed by atoms with Crippen molar-refractivity contribution in [3.63, 3.8) is 0 Å². The molecular formula is C31H29N5O2. The van der Waals surface area contributed by atoms with Gasteiger partial charge in [0.1, 0.15) is 11.6 Å². The van der Waals surface area contributed by atoms with E-state index in [2.05, 4.69) is 16.0 Å². The summed E-state index contributed by atoms with van der Waals surface area (Å²) in [7, 11) is 1.66. The summed E-state index contributed by atoms with van der Waals surface area (Å²) in [5.74, 6) is 1.68. The Kier molecular flexibility index (Phi) is 5.96. The van der Waals surface area contributed by atoms with Gasteiger partial charge in [-0.2, -0.15) is 5.10 Å². The summed E-state index contributed by atoms with van der Waals surface area (Å²) in [4.78, 5) is 16.0. The fourth-order valence-electron chi connectivity index (χ4n) is 5.21. The molecule has 190 valence electrons. The Balaban J connectivity index is 1.55. The van der Waals surface area contributed by atoms with E-state index in [1.807, 2.05) is 115 Å². The van der Waals surface area contributed by atoms with Crippen LogP contribution in [0.5, 0.6) is 5.75 Å². The number of nitrogens with zero attached hydrogens (tertiary/aromatic N) is 4. The topological polar surface area (TPSA) is 64.3 Å². The Hall–Kier alpha value is -4.78. The molecule has 5 aromatic rings. The van der Waals surface area contributed by atoms with Crippen LogP contribution < -0.4 is 10.1 Å². The van der Waals surface area contributed by atoms with Crippen LogP contribution in [-0.2, 0) is 6.54 Å². The van der Waals surface area contributed by atoms with Crippen molar-refractivity contribution in [3.05, 3.63) is 125 Å². The molecule has 0 bridgehead atoms. The summed E-state index contributed by atoms with van der Waals surface area (Å²) in [6.07, 6.45) is 2.05. The van der Waals surface area contributed by atoms with E-state index in [-0.39, 0.29) is 12.1 Å². The number of nitrogens with one attached hydrogen (secondary N) is 1. The molecule has 7 heteroatoms. The number of urea groups is 1. The van der Waals surface area contributed by atoms with Crippen LogP contribution in [-0.4, -0.2) is 32.4 Å². The highest BCUT2D eigenvalue weighted by Crippen LogP contribution is 2.39. The second kappa shape index (κ2) is 9.59. The van der Waals surface area contributed by atoms with Gasteiger partial charge in [-0.3, -0.25) is 0 Å². The standard InChI is InChI=1S/C31H29N5O2/c1-21-11-7-8-16-27(21)32-31(37)35-20-26-22(2)33-36(24-13-5-4-6-14-24)30(26)34-18-10-17-28(34)29(35)23-12-9-15-25(19-23)38-3/h4-19,29H,20H2,1-3H3,(H,32,37)/t29-/m0/s1. The Morgan fingerprint density at radius 3 is 2.53 bits per heavy atom. The fourth-order valence-corrected chi connectivity index (χ4v) is 5.21. The normalized spacial score (nSPS) is 14.4. The maximum atomic E-state index is 14.1. The zero-order valence-electron chi connectivity index (χ0n) is 21.6. The first-order valence-corrected chi connectivity index (χ1v) is 12.6. The van der Waals surface area contributed by atoms with Crippen molar-refractivity contribution in [2.45, 2.75) is 26.4 Å². The first-order valence-electron chi connectivity index (χ1n) is 12.6. The molecule has 0 unspecified atom stereocenters. The zero-order valence-corrected chi connectivity index (χ0v) is 21.6. The Bertz CT molecular complexity index is 1620. The maximum absolute atomic E-state index is 14.1. The molecule has 3 heterocycles. The van der Waals surface area contributed by atoms with Gasteiger partial charge in [-0.25, -0.2) is 9.48 Å². The van der Waals surface area contributed by atoms with Crippen LogP contribution >= 0.6 is 0 Å². The lowest BCUT2D eigenvalue weighted by molar-refractivity contribution is 0.194. The first kappa shape index (κ1) is 23.6. The van der Waals surface area contributed by atoms with Crippen molar-refractivity contribution in [2.75, 3.05) is 12.4 Å². The summed E-state index contributed by atoms with van der Waals surface area (Å²) < 4.78 is 9.69. The number of anilines is 1. The van der Waals surface area contributed by atoms with Crippen molar-refractivity contribution in [1.29, 1.82) is 0 Å². The Labute approximate surface area is 221 Å². The van der Waals surface area contributed by atoms with Crippen LogP contribution in [0.3, 0.4) is 0 Å². The molecule has 0 saturated carbocycles. The van der Waals surface area contributed by atoms with Gasteiger partial charge in [0.2, 0.25) is 0 Å². The largest absolute Gasteiger partial charge is 0.497 e. The summed E-state index contributed by atoms with van der Waals surface area (Å²) in [6, 6.07) is 29.4. The van der Waals surface area contributed by atoms with Gasteiger partial charge >= 0.3 is 6.03 Å². The third kappa shape index (κ3) is 4.02. The minimum Gasteiger partial charge on any atom is -0.497 e. The highest BCUT2D eigenvalue weighted by atomic mass is 16.5. The van der Waals surface area contributed by atoms with E-state index in [0.29, 0.717) is 6.54 Å². The lowest BCUT2D eigenvalue weighted by atomic mass is 10.0. The predicted molar refractivity (Wildman–Crippen MR) is 148 cm³/mol. The number of ether oxygens (including phenoxy) is 1. The third-order valence-corrected chi connectivity index (χ3v) is 7.14. The molecule has 2 amide bonds. The highest BCUT2D eigenvalue weighted by molar-refractivity contribution is 5.91. The third-order valence-electron chi connectivity index (χ3n) is 7.14. The second-order valence-corrected chi connectivity index (χ2v) is 9.49. The molecule has 1 aliphatic rings. The van der Waals surface area contributed by atoms with Gasteiger partial charge in [-0.1, -0.05) is 48.5 Å². The van der Waals surface area contributed by atoms with Gasteiger partial charge in [0.15, 0.2) is 0 Å². The number of hydrogen-bond acceptors (Lipinski definition) is 3. The molecule has 0 radical (unpaired) electrons. The molecule has 1 atom stereocenters. The number of methoxy groups -OCH3 is 1. The molecule has 2 aromatic heterocycles. The Morgan fingerprint density at radius 1 is 0.947 bits per heavy atom.